The van der Waals surface area contributed by atoms with Crippen LogP contribution in [0.2, 0.25) is 0 Å². The van der Waals surface area contributed by atoms with Crippen LogP contribution in [0.3, 0.4) is 0 Å². The second-order valence-corrected chi connectivity index (χ2v) is 3.17. The largest absolute Gasteiger partial charge is 0.481 e. The van der Waals surface area contributed by atoms with E-state index in [1.807, 2.05) is 0 Å². The molecule has 0 bridgehead atoms. The summed E-state index contributed by atoms with van der Waals surface area (Å²) in [5.41, 5.74) is 5.15. The SMILES string of the molecule is N[C@H](C(=O)O)C1[C@@H](C(=O)O)[C@@H]1C(=O)O. The summed E-state index contributed by atoms with van der Waals surface area (Å²) < 4.78 is 0. The Kier molecular flexibility index (Phi) is 2.43. The zero-order valence-electron chi connectivity index (χ0n) is 6.95. The lowest BCUT2D eigenvalue weighted by atomic mass is 10.1. The van der Waals surface area contributed by atoms with Gasteiger partial charge in [-0.2, -0.15) is 0 Å². The molecule has 7 heteroatoms. The normalized spacial score (nSPS) is 31.9. The number of carboxylic acid groups (broad SMARTS) is 3. The van der Waals surface area contributed by atoms with Crippen molar-refractivity contribution in [1.29, 1.82) is 0 Å². The van der Waals surface area contributed by atoms with Crippen molar-refractivity contribution in [2.45, 2.75) is 6.04 Å². The van der Waals surface area contributed by atoms with Crippen molar-refractivity contribution >= 4 is 17.9 Å². The van der Waals surface area contributed by atoms with Crippen LogP contribution in [0.5, 0.6) is 0 Å². The van der Waals surface area contributed by atoms with Gasteiger partial charge in [-0.25, -0.2) is 0 Å². The Balaban J connectivity index is 2.77. The average molecular weight is 203 g/mol. The highest BCUT2D eigenvalue weighted by Crippen LogP contribution is 2.48. The lowest BCUT2D eigenvalue weighted by molar-refractivity contribution is -0.144. The molecule has 1 rings (SSSR count). The predicted molar refractivity (Wildman–Crippen MR) is 41.4 cm³/mol. The first-order chi connectivity index (χ1) is 6.37. The molecule has 78 valence electrons. The van der Waals surface area contributed by atoms with Crippen LogP contribution in [-0.4, -0.2) is 39.3 Å². The molecule has 0 spiro atoms. The summed E-state index contributed by atoms with van der Waals surface area (Å²) >= 11 is 0. The highest BCUT2D eigenvalue weighted by molar-refractivity contribution is 5.89. The molecule has 0 radical (unpaired) electrons. The summed E-state index contributed by atoms with van der Waals surface area (Å²) in [7, 11) is 0. The molecule has 0 aromatic heterocycles. The van der Waals surface area contributed by atoms with Crippen LogP contribution in [0.25, 0.3) is 0 Å². The zero-order chi connectivity index (χ0) is 11.0. The third kappa shape index (κ3) is 1.53. The van der Waals surface area contributed by atoms with Crippen molar-refractivity contribution in [2.24, 2.45) is 23.5 Å². The minimum atomic E-state index is -1.43. The maximum absolute atomic E-state index is 10.5. The Morgan fingerprint density at radius 2 is 1.36 bits per heavy atom. The van der Waals surface area contributed by atoms with Gasteiger partial charge in [-0.3, -0.25) is 14.4 Å². The molecule has 0 unspecified atom stereocenters. The van der Waals surface area contributed by atoms with Crippen molar-refractivity contribution in [2.75, 3.05) is 0 Å². The van der Waals surface area contributed by atoms with Gasteiger partial charge in [0.15, 0.2) is 0 Å². The smallest absolute Gasteiger partial charge is 0.320 e. The Bertz CT molecular complexity index is 281. The third-order valence-corrected chi connectivity index (χ3v) is 2.35. The number of hydrogen-bond donors (Lipinski definition) is 4. The molecule has 1 aliphatic carbocycles. The van der Waals surface area contributed by atoms with Crippen molar-refractivity contribution in [3.8, 4) is 0 Å². The van der Waals surface area contributed by atoms with Crippen LogP contribution in [-0.2, 0) is 14.4 Å². The number of rotatable bonds is 4. The molecule has 0 heterocycles. The summed E-state index contributed by atoms with van der Waals surface area (Å²) in [5.74, 6) is -7.40. The van der Waals surface area contributed by atoms with Gasteiger partial charge in [-0.15, -0.1) is 0 Å². The Morgan fingerprint density at radius 1 is 1.00 bits per heavy atom. The van der Waals surface area contributed by atoms with Crippen molar-refractivity contribution in [1.82, 2.24) is 0 Å². The maximum Gasteiger partial charge on any atom is 0.320 e. The van der Waals surface area contributed by atoms with Crippen molar-refractivity contribution in [3.05, 3.63) is 0 Å². The lowest BCUT2D eigenvalue weighted by Crippen LogP contribution is -2.34. The molecule has 1 aliphatic rings. The predicted octanol–water partition coefficient (Wildman–Crippen LogP) is -1.57. The molecule has 0 aromatic carbocycles. The van der Waals surface area contributed by atoms with Gasteiger partial charge in [-0.05, 0) is 0 Å². The molecule has 0 aliphatic heterocycles. The first kappa shape index (κ1) is 10.5. The fourth-order valence-corrected chi connectivity index (χ4v) is 1.58. The van der Waals surface area contributed by atoms with E-state index >= 15 is 0 Å². The molecule has 3 atom stereocenters. The van der Waals surface area contributed by atoms with Gasteiger partial charge in [-0.1, -0.05) is 0 Å². The molecule has 14 heavy (non-hydrogen) atoms. The summed E-state index contributed by atoms with van der Waals surface area (Å²) in [6, 6.07) is -1.43. The first-order valence-electron chi connectivity index (χ1n) is 3.82. The van der Waals surface area contributed by atoms with Gasteiger partial charge in [0.2, 0.25) is 0 Å². The van der Waals surface area contributed by atoms with Gasteiger partial charge in [0, 0.05) is 5.92 Å². The van der Waals surface area contributed by atoms with E-state index in [-0.39, 0.29) is 0 Å². The van der Waals surface area contributed by atoms with E-state index in [0.29, 0.717) is 0 Å². The van der Waals surface area contributed by atoms with E-state index in [1.54, 1.807) is 0 Å². The molecule has 7 nitrogen and oxygen atoms in total. The zero-order valence-corrected chi connectivity index (χ0v) is 6.95. The summed E-state index contributed by atoms with van der Waals surface area (Å²) in [6.07, 6.45) is 0. The van der Waals surface area contributed by atoms with Crippen LogP contribution in [0.4, 0.5) is 0 Å². The van der Waals surface area contributed by atoms with E-state index in [1.165, 1.54) is 0 Å². The number of carbonyl (C=O) groups is 3. The highest BCUT2D eigenvalue weighted by Gasteiger charge is 2.63. The number of nitrogens with two attached hydrogens (primary N) is 1. The average Bonchev–Trinajstić information content (AvgIpc) is 2.76. The molecule has 0 saturated heterocycles. The quantitative estimate of drug-likeness (QED) is 0.433. The maximum atomic E-state index is 10.5. The van der Waals surface area contributed by atoms with Crippen LogP contribution >= 0.6 is 0 Å². The number of carboxylic acids is 3. The van der Waals surface area contributed by atoms with E-state index < -0.39 is 41.7 Å². The standard InChI is InChI=1S/C7H9NO6/c8-4(7(13)14)1-2(5(9)10)3(1)6(11)12/h1-4H,8H2,(H,9,10)(H,11,12)(H,13,14)/t2-,3-,4+/m1/s1. The van der Waals surface area contributed by atoms with Crippen LogP contribution in [0, 0.1) is 17.8 Å². The van der Waals surface area contributed by atoms with Gasteiger partial charge >= 0.3 is 17.9 Å². The minimum Gasteiger partial charge on any atom is -0.481 e. The van der Waals surface area contributed by atoms with Crippen molar-refractivity contribution < 1.29 is 29.7 Å². The van der Waals surface area contributed by atoms with E-state index in [9.17, 15) is 14.4 Å². The Hall–Kier alpha value is -1.63. The second kappa shape index (κ2) is 3.26. The molecule has 5 N–H and O–H groups in total. The molecular weight excluding hydrogens is 194 g/mol. The number of aliphatic carboxylic acids is 3. The second-order valence-electron chi connectivity index (χ2n) is 3.17. The van der Waals surface area contributed by atoms with Crippen LogP contribution in [0.1, 0.15) is 0 Å². The fraction of sp³-hybridized carbons (Fsp3) is 0.571. The first-order valence-corrected chi connectivity index (χ1v) is 3.82. The molecule has 0 aromatic rings. The Labute approximate surface area is 78.1 Å². The van der Waals surface area contributed by atoms with Gasteiger partial charge in [0.25, 0.3) is 0 Å². The van der Waals surface area contributed by atoms with E-state index in [4.69, 9.17) is 21.1 Å². The molecule has 0 amide bonds. The molecule has 1 fully saturated rings. The topological polar surface area (TPSA) is 138 Å². The Morgan fingerprint density at radius 3 is 1.57 bits per heavy atom. The monoisotopic (exact) mass is 203 g/mol. The lowest BCUT2D eigenvalue weighted by Gasteiger charge is -2.02. The molecular formula is C7H9NO6. The van der Waals surface area contributed by atoms with Gasteiger partial charge in [0.05, 0.1) is 11.8 Å². The summed E-state index contributed by atoms with van der Waals surface area (Å²) in [4.78, 5) is 31.4. The summed E-state index contributed by atoms with van der Waals surface area (Å²) in [6.45, 7) is 0. The van der Waals surface area contributed by atoms with E-state index in [2.05, 4.69) is 0 Å². The van der Waals surface area contributed by atoms with Gasteiger partial charge < -0.3 is 21.1 Å². The third-order valence-electron chi connectivity index (χ3n) is 2.35. The van der Waals surface area contributed by atoms with Gasteiger partial charge in [0.1, 0.15) is 6.04 Å². The van der Waals surface area contributed by atoms with E-state index in [0.717, 1.165) is 0 Å². The fourth-order valence-electron chi connectivity index (χ4n) is 1.58. The minimum absolute atomic E-state index is 1.01. The summed E-state index contributed by atoms with van der Waals surface area (Å²) in [5, 5.41) is 25.6. The van der Waals surface area contributed by atoms with Crippen molar-refractivity contribution in [3.63, 3.8) is 0 Å². The van der Waals surface area contributed by atoms with Crippen LogP contribution in [0.15, 0.2) is 0 Å². The van der Waals surface area contributed by atoms with Crippen LogP contribution < -0.4 is 5.73 Å². The number of hydrogen-bond acceptors (Lipinski definition) is 4. The molecule has 1 saturated carbocycles. The highest BCUT2D eigenvalue weighted by atomic mass is 16.4.